The first kappa shape index (κ1) is 26.2. The number of aliphatic imine (C=N–C) groups is 1. The Hall–Kier alpha value is -2.88. The van der Waals surface area contributed by atoms with Crippen molar-refractivity contribution in [1.82, 2.24) is 0 Å². The zero-order chi connectivity index (χ0) is 25.5. The van der Waals surface area contributed by atoms with Gasteiger partial charge in [0.2, 0.25) is 0 Å². The molecule has 0 saturated carbocycles. The van der Waals surface area contributed by atoms with Gasteiger partial charge in [0.05, 0.1) is 0 Å². The molecule has 2 N–H and O–H groups in total. The van der Waals surface area contributed by atoms with Crippen LogP contribution in [0.25, 0.3) is 16.8 Å². The number of ether oxygens (including phenoxy) is 1. The van der Waals surface area contributed by atoms with Crippen LogP contribution in [0.4, 0.5) is 5.69 Å². The van der Waals surface area contributed by atoms with Crippen LogP contribution in [0, 0.1) is 0 Å². The smallest absolute Gasteiger partial charge is 0.145 e. The van der Waals surface area contributed by atoms with Crippen LogP contribution < -0.4 is 12.9 Å². The molecule has 2 heterocycles. The Morgan fingerprint density at radius 3 is 2.44 bits per heavy atom. The zero-order valence-corrected chi connectivity index (χ0v) is 23.4. The fourth-order valence-electron chi connectivity index (χ4n) is 3.38. The van der Waals surface area contributed by atoms with Gasteiger partial charge >= 0.3 is 143 Å². The van der Waals surface area contributed by atoms with Crippen LogP contribution in [0.3, 0.4) is 0 Å². The fourth-order valence-corrected chi connectivity index (χ4v) is 5.16. The van der Waals surface area contributed by atoms with E-state index >= 15 is 0 Å². The van der Waals surface area contributed by atoms with Crippen molar-refractivity contribution in [3.05, 3.63) is 93.5 Å². The van der Waals surface area contributed by atoms with Gasteiger partial charge in [-0.1, -0.05) is 30.3 Å². The van der Waals surface area contributed by atoms with Crippen molar-refractivity contribution in [2.45, 2.75) is 13.5 Å². The number of rotatable bonds is 5. The van der Waals surface area contributed by atoms with E-state index in [1.807, 2.05) is 47.9 Å². The minimum absolute atomic E-state index is 0.241. The molecule has 0 radical (unpaired) electrons. The molecule has 0 aliphatic carbocycles. The van der Waals surface area contributed by atoms with Crippen LogP contribution in [0.1, 0.15) is 17.4 Å². The first-order valence-electron chi connectivity index (χ1n) is 11.1. The number of hydrogen-bond donors (Lipinski definition) is 2. The van der Waals surface area contributed by atoms with Crippen LogP contribution in [0.5, 0.6) is 5.75 Å². The third-order valence-electron chi connectivity index (χ3n) is 5.04. The van der Waals surface area contributed by atoms with E-state index in [0.717, 1.165) is 67.5 Å². The molecule has 36 heavy (non-hydrogen) atoms. The summed E-state index contributed by atoms with van der Waals surface area (Å²) in [7, 11) is 0. The maximum absolute atomic E-state index is 12.6. The molecule has 1 amide bonds. The summed E-state index contributed by atoms with van der Waals surface area (Å²) in [5.74, 6) is -0.323. The summed E-state index contributed by atoms with van der Waals surface area (Å²) in [6.45, 7) is 1.58. The standard InChI is InChI=1S/C25H17N2O2S2.C2H4O2.Na/c28-24-23(31-25(27-24)26-20-9-2-1-3-10-20)15-19-13-17-7-4-5-8-18(17)14-22(19)29-16-21-11-6-12-30-21;1-2(3)4;/h2-15H,16H2,(H,26,27,28);1H3,(H,3,4);/b23-15+;;. The number of anilines is 1. The Labute approximate surface area is 234 Å². The van der Waals surface area contributed by atoms with Crippen LogP contribution in [-0.2, 0) is 16.2 Å². The van der Waals surface area contributed by atoms with E-state index in [4.69, 9.17) is 14.6 Å². The van der Waals surface area contributed by atoms with E-state index in [2.05, 4.69) is 46.7 Å². The number of carboxylic acids is 1. The average molecular weight is 525 g/mol. The van der Waals surface area contributed by atoms with Crippen molar-refractivity contribution in [1.29, 1.82) is 0 Å². The van der Waals surface area contributed by atoms with Gasteiger partial charge < -0.3 is 5.11 Å². The second-order valence-corrected chi connectivity index (χ2v) is 11.2. The molecule has 0 atom stereocenters. The number of amides is 1. The van der Waals surface area contributed by atoms with Crippen molar-refractivity contribution in [2.24, 2.45) is 4.99 Å². The topological polar surface area (TPSA) is 88.0 Å². The molecule has 4 aromatic rings. The number of aliphatic carboxylic acids is 1. The van der Waals surface area contributed by atoms with Crippen LogP contribution in [0.15, 0.2) is 88.1 Å². The van der Waals surface area contributed by atoms with Gasteiger partial charge in [-0.15, -0.1) is 11.3 Å². The Morgan fingerprint density at radius 2 is 1.78 bits per heavy atom. The van der Waals surface area contributed by atoms with E-state index in [9.17, 15) is 4.79 Å². The summed E-state index contributed by atoms with van der Waals surface area (Å²) >= 11 is 4.02. The number of thiophene rings is 1. The number of amidine groups is 1. The quantitative estimate of drug-likeness (QED) is 0.267. The molecule has 0 spiro atoms. The predicted octanol–water partition coefficient (Wildman–Crippen LogP) is 5.45. The average Bonchev–Trinajstić information content (AvgIpc) is 3.48. The third-order valence-corrected chi connectivity index (χ3v) is 7.45. The molecule has 9 heteroatoms. The number of carboxylic acid groups (broad SMARTS) is 1. The van der Waals surface area contributed by atoms with E-state index in [0.29, 0.717) is 16.7 Å². The summed E-state index contributed by atoms with van der Waals surface area (Å²) in [5, 5.41) is 15.5. The molecule has 6 nitrogen and oxygen atoms in total. The number of hydrogen-bond acceptors (Lipinski definition) is 6. The summed E-state index contributed by atoms with van der Waals surface area (Å²) < 4.78 is 7.48. The molecule has 1 aliphatic heterocycles. The van der Waals surface area contributed by atoms with Crippen molar-refractivity contribution in [3.8, 4) is 5.75 Å². The molecule has 0 fully saturated rings. The molecule has 1 aliphatic rings. The summed E-state index contributed by atoms with van der Waals surface area (Å²) in [5.41, 5.74) is 1.79. The monoisotopic (exact) mass is 524 g/mol. The molecule has 1 aromatic heterocycles. The van der Waals surface area contributed by atoms with Crippen molar-refractivity contribution in [3.63, 3.8) is 0 Å². The van der Waals surface area contributed by atoms with Gasteiger partial charge in [-0.25, -0.2) is 0 Å². The normalized spacial score (nSPS) is 13.8. The molecule has 0 unspecified atom stereocenters. The van der Waals surface area contributed by atoms with E-state index in [-0.39, 0.29) is 5.91 Å². The first-order valence-corrected chi connectivity index (χ1v) is 13.8. The molecule has 0 bridgehead atoms. The Bertz CT molecular complexity index is 1440. The molecule has 5 rings (SSSR count). The summed E-state index contributed by atoms with van der Waals surface area (Å²) in [6, 6.07) is 24.5. The number of carbonyl (C=O) groups excluding carboxylic acids is 1. The second-order valence-electron chi connectivity index (χ2n) is 7.95. The van der Waals surface area contributed by atoms with Gasteiger partial charge in [0.15, 0.2) is 0 Å². The van der Waals surface area contributed by atoms with Gasteiger partial charge in [-0.05, 0) is 16.8 Å². The minimum atomic E-state index is -0.833. The summed E-state index contributed by atoms with van der Waals surface area (Å²) in [4.78, 5) is 27.5. The minimum Gasteiger partial charge on any atom is -0.145 e. The molecule has 176 valence electrons. The van der Waals surface area contributed by atoms with Crippen LogP contribution >= 0.6 is 23.1 Å². The molecule has 0 saturated heterocycles. The van der Waals surface area contributed by atoms with Gasteiger partial charge in [-0.3, -0.25) is 4.79 Å². The molecule has 3 aromatic carbocycles. The number of benzene rings is 3. The van der Waals surface area contributed by atoms with Crippen molar-refractivity contribution >= 4 is 93.4 Å². The number of nitrogens with one attached hydrogen (secondary N) is 1. The van der Waals surface area contributed by atoms with Gasteiger partial charge in [0, 0.05) is 11.8 Å². The number of thioether (sulfide) groups is 1. The predicted molar refractivity (Wildman–Crippen MR) is 149 cm³/mol. The maximum atomic E-state index is 12.6. The SMILES string of the molecule is CC(=O)O.O=C1N=C(Nc2cc[c]([Na])cc2)S/C1=C/c1cc2ccccc2cc1OCc1cccs1. The number of fused-ring (bicyclic) bond motifs is 1. The van der Waals surface area contributed by atoms with E-state index in [1.165, 1.54) is 14.6 Å². The van der Waals surface area contributed by atoms with Gasteiger partial charge in [0.1, 0.15) is 6.61 Å². The van der Waals surface area contributed by atoms with Crippen LogP contribution in [-0.4, -0.2) is 50.1 Å². The van der Waals surface area contributed by atoms with Crippen molar-refractivity contribution in [2.75, 3.05) is 5.32 Å². The number of carbonyl (C=O) groups is 2. The fraction of sp³-hybridized carbons (Fsp3) is 0.0741. The van der Waals surface area contributed by atoms with Crippen molar-refractivity contribution < 1.29 is 19.4 Å². The molecular formula is C27H21N2NaO4S2. The Balaban J connectivity index is 0.000000709. The summed E-state index contributed by atoms with van der Waals surface area (Å²) in [6.07, 6.45) is 1.88. The Kier molecular flexibility index (Phi) is 9.01. The van der Waals surface area contributed by atoms with E-state index < -0.39 is 5.97 Å². The van der Waals surface area contributed by atoms with Gasteiger partial charge in [-0.2, -0.15) is 0 Å². The molecular weight excluding hydrogens is 503 g/mol. The number of nitrogens with zero attached hydrogens (tertiary/aromatic N) is 1. The van der Waals surface area contributed by atoms with Gasteiger partial charge in [0.25, 0.3) is 5.97 Å². The third kappa shape index (κ3) is 7.32. The van der Waals surface area contributed by atoms with E-state index in [1.54, 1.807) is 11.3 Å². The Morgan fingerprint density at radius 1 is 1.08 bits per heavy atom. The second kappa shape index (κ2) is 12.4. The van der Waals surface area contributed by atoms with Crippen LogP contribution in [0.2, 0.25) is 0 Å². The first-order chi connectivity index (χ1) is 17.4. The zero-order valence-electron chi connectivity index (χ0n) is 19.7.